The van der Waals surface area contributed by atoms with Crippen LogP contribution in [0, 0.1) is 12.7 Å². The standard InChI is InChI=1S/C15H24FNO/c1-5-8-12(17-4)13(6-2)18-14-10-7-9-11(3)15(14)16/h7,9-10,12-13,17H,5-6,8H2,1-4H3. The number of aryl methyl sites for hydroxylation is 1. The molecule has 1 N–H and O–H groups in total. The number of likely N-dealkylation sites (N-methyl/N-ethyl adjacent to an activating group) is 1. The first-order valence-corrected chi connectivity index (χ1v) is 6.73. The van der Waals surface area contributed by atoms with Crippen molar-refractivity contribution in [2.45, 2.75) is 52.2 Å². The molecule has 18 heavy (non-hydrogen) atoms. The van der Waals surface area contributed by atoms with Gasteiger partial charge in [0, 0.05) is 6.04 Å². The first-order valence-electron chi connectivity index (χ1n) is 6.73. The van der Waals surface area contributed by atoms with Gasteiger partial charge in [0.2, 0.25) is 0 Å². The molecule has 1 rings (SSSR count). The molecule has 0 heterocycles. The minimum Gasteiger partial charge on any atom is -0.486 e. The molecule has 0 radical (unpaired) electrons. The fourth-order valence-electron chi connectivity index (χ4n) is 2.15. The molecule has 0 aliphatic rings. The van der Waals surface area contributed by atoms with Crippen LogP contribution in [0.2, 0.25) is 0 Å². The van der Waals surface area contributed by atoms with Crippen molar-refractivity contribution in [3.63, 3.8) is 0 Å². The van der Waals surface area contributed by atoms with E-state index in [-0.39, 0.29) is 18.0 Å². The molecule has 0 aliphatic carbocycles. The van der Waals surface area contributed by atoms with Crippen molar-refractivity contribution in [1.29, 1.82) is 0 Å². The van der Waals surface area contributed by atoms with E-state index in [0.717, 1.165) is 19.3 Å². The van der Waals surface area contributed by atoms with Gasteiger partial charge in [-0.2, -0.15) is 0 Å². The van der Waals surface area contributed by atoms with Crippen molar-refractivity contribution < 1.29 is 9.13 Å². The lowest BCUT2D eigenvalue weighted by Gasteiger charge is -2.27. The highest BCUT2D eigenvalue weighted by Crippen LogP contribution is 2.23. The molecule has 0 amide bonds. The number of nitrogens with one attached hydrogen (secondary N) is 1. The summed E-state index contributed by atoms with van der Waals surface area (Å²) < 4.78 is 19.7. The van der Waals surface area contributed by atoms with Gasteiger partial charge in [0.15, 0.2) is 11.6 Å². The summed E-state index contributed by atoms with van der Waals surface area (Å²) in [5, 5.41) is 3.26. The van der Waals surface area contributed by atoms with Crippen LogP contribution in [0.5, 0.6) is 5.75 Å². The quantitative estimate of drug-likeness (QED) is 0.800. The van der Waals surface area contributed by atoms with Gasteiger partial charge in [0.1, 0.15) is 6.10 Å². The van der Waals surface area contributed by atoms with Crippen LogP contribution in [0.3, 0.4) is 0 Å². The van der Waals surface area contributed by atoms with Crippen LogP contribution in [0.1, 0.15) is 38.7 Å². The van der Waals surface area contributed by atoms with Gasteiger partial charge in [-0.3, -0.25) is 0 Å². The maximum atomic E-state index is 13.9. The zero-order valence-corrected chi connectivity index (χ0v) is 11.8. The van der Waals surface area contributed by atoms with E-state index in [4.69, 9.17) is 4.74 Å². The summed E-state index contributed by atoms with van der Waals surface area (Å²) in [6.07, 6.45) is 2.98. The van der Waals surface area contributed by atoms with Gasteiger partial charge >= 0.3 is 0 Å². The van der Waals surface area contributed by atoms with E-state index < -0.39 is 0 Å². The summed E-state index contributed by atoms with van der Waals surface area (Å²) >= 11 is 0. The van der Waals surface area contributed by atoms with E-state index in [1.54, 1.807) is 19.1 Å². The van der Waals surface area contributed by atoms with E-state index in [1.807, 2.05) is 13.1 Å². The predicted molar refractivity (Wildman–Crippen MR) is 73.6 cm³/mol. The van der Waals surface area contributed by atoms with Crippen molar-refractivity contribution in [2.24, 2.45) is 0 Å². The minimum absolute atomic E-state index is 0.00579. The van der Waals surface area contributed by atoms with Crippen LogP contribution in [0.4, 0.5) is 4.39 Å². The zero-order chi connectivity index (χ0) is 13.5. The lowest BCUT2D eigenvalue weighted by Crippen LogP contribution is -2.41. The van der Waals surface area contributed by atoms with Crippen LogP contribution in [-0.2, 0) is 0 Å². The van der Waals surface area contributed by atoms with Crippen LogP contribution in [0.25, 0.3) is 0 Å². The summed E-state index contributed by atoms with van der Waals surface area (Å²) in [5.41, 5.74) is 0.624. The van der Waals surface area contributed by atoms with E-state index in [1.165, 1.54) is 0 Å². The Morgan fingerprint density at radius 3 is 2.61 bits per heavy atom. The Labute approximate surface area is 110 Å². The van der Waals surface area contributed by atoms with Crippen molar-refractivity contribution in [1.82, 2.24) is 5.32 Å². The molecule has 3 heteroatoms. The molecule has 2 atom stereocenters. The van der Waals surface area contributed by atoms with Crippen LogP contribution in [0.15, 0.2) is 18.2 Å². The van der Waals surface area contributed by atoms with Crippen LogP contribution < -0.4 is 10.1 Å². The molecule has 0 bridgehead atoms. The fourth-order valence-corrected chi connectivity index (χ4v) is 2.15. The van der Waals surface area contributed by atoms with E-state index >= 15 is 0 Å². The maximum absolute atomic E-state index is 13.9. The Kier molecular flexibility index (Phi) is 6.13. The third-order valence-corrected chi connectivity index (χ3v) is 3.26. The van der Waals surface area contributed by atoms with Crippen molar-refractivity contribution in [3.8, 4) is 5.75 Å². The molecule has 0 aromatic heterocycles. The second-order valence-corrected chi connectivity index (χ2v) is 4.64. The molecular formula is C15H24FNO. The molecule has 1 aromatic rings. The van der Waals surface area contributed by atoms with Gasteiger partial charge in [-0.1, -0.05) is 32.4 Å². The third kappa shape index (κ3) is 3.70. The monoisotopic (exact) mass is 253 g/mol. The zero-order valence-electron chi connectivity index (χ0n) is 11.8. The number of benzene rings is 1. The highest BCUT2D eigenvalue weighted by atomic mass is 19.1. The Morgan fingerprint density at radius 2 is 2.06 bits per heavy atom. The largest absolute Gasteiger partial charge is 0.486 e. The fraction of sp³-hybridized carbons (Fsp3) is 0.600. The molecular weight excluding hydrogens is 229 g/mol. The minimum atomic E-state index is -0.248. The van der Waals surface area contributed by atoms with Crippen molar-refractivity contribution >= 4 is 0 Å². The number of halogens is 1. The lowest BCUT2D eigenvalue weighted by atomic mass is 10.0. The first-order chi connectivity index (χ1) is 8.63. The normalized spacial score (nSPS) is 14.3. The predicted octanol–water partition coefficient (Wildman–Crippen LogP) is 3.68. The molecule has 0 saturated carbocycles. The van der Waals surface area contributed by atoms with Gasteiger partial charge in [-0.05, 0) is 38.4 Å². The van der Waals surface area contributed by atoms with Gasteiger partial charge in [-0.25, -0.2) is 4.39 Å². The molecule has 0 fully saturated rings. The highest BCUT2D eigenvalue weighted by molar-refractivity contribution is 5.30. The molecule has 102 valence electrons. The van der Waals surface area contributed by atoms with Gasteiger partial charge < -0.3 is 10.1 Å². The van der Waals surface area contributed by atoms with Crippen molar-refractivity contribution in [3.05, 3.63) is 29.6 Å². The van der Waals surface area contributed by atoms with Gasteiger partial charge in [0.05, 0.1) is 0 Å². The molecule has 0 aliphatic heterocycles. The van der Waals surface area contributed by atoms with E-state index in [0.29, 0.717) is 11.3 Å². The number of rotatable bonds is 7. The van der Waals surface area contributed by atoms with E-state index in [9.17, 15) is 4.39 Å². The summed E-state index contributed by atoms with van der Waals surface area (Å²) in [7, 11) is 1.93. The molecule has 1 aromatic carbocycles. The molecule has 2 unspecified atom stereocenters. The molecule has 0 spiro atoms. The lowest BCUT2D eigenvalue weighted by molar-refractivity contribution is 0.140. The third-order valence-electron chi connectivity index (χ3n) is 3.26. The van der Waals surface area contributed by atoms with Crippen LogP contribution >= 0.6 is 0 Å². The van der Waals surface area contributed by atoms with E-state index in [2.05, 4.69) is 19.2 Å². The second kappa shape index (κ2) is 7.37. The highest BCUT2D eigenvalue weighted by Gasteiger charge is 2.20. The topological polar surface area (TPSA) is 21.3 Å². The molecule has 0 saturated heterocycles. The molecule has 2 nitrogen and oxygen atoms in total. The Hall–Kier alpha value is -1.09. The number of ether oxygens (including phenoxy) is 1. The Morgan fingerprint density at radius 1 is 1.33 bits per heavy atom. The summed E-state index contributed by atoms with van der Waals surface area (Å²) in [4.78, 5) is 0. The number of hydrogen-bond acceptors (Lipinski definition) is 2. The van der Waals surface area contributed by atoms with Crippen molar-refractivity contribution in [2.75, 3.05) is 7.05 Å². The first kappa shape index (κ1) is 15.0. The summed E-state index contributed by atoms with van der Waals surface area (Å²) in [6.45, 7) is 5.97. The maximum Gasteiger partial charge on any atom is 0.167 e. The Balaban J connectivity index is 2.81. The second-order valence-electron chi connectivity index (χ2n) is 4.64. The van der Waals surface area contributed by atoms with Crippen LogP contribution in [-0.4, -0.2) is 19.2 Å². The summed E-state index contributed by atoms with van der Waals surface area (Å²) in [6, 6.07) is 5.54. The summed E-state index contributed by atoms with van der Waals surface area (Å²) in [5.74, 6) is 0.112. The van der Waals surface area contributed by atoms with Gasteiger partial charge in [0.25, 0.3) is 0 Å². The van der Waals surface area contributed by atoms with Gasteiger partial charge in [-0.15, -0.1) is 0 Å². The Bertz CT molecular complexity index is 368. The smallest absolute Gasteiger partial charge is 0.167 e. The average molecular weight is 253 g/mol. The average Bonchev–Trinajstić information content (AvgIpc) is 2.38. The number of hydrogen-bond donors (Lipinski definition) is 1. The SMILES string of the molecule is CCCC(NC)C(CC)Oc1cccc(C)c1F.